The van der Waals surface area contributed by atoms with Crippen LogP contribution in [0, 0.1) is 0 Å². The van der Waals surface area contributed by atoms with Gasteiger partial charge < -0.3 is 8.97 Å². The van der Waals surface area contributed by atoms with Gasteiger partial charge in [-0.3, -0.25) is 9.80 Å². The summed E-state index contributed by atoms with van der Waals surface area (Å²) in [7, 11) is 0. The van der Waals surface area contributed by atoms with Crippen LogP contribution in [0.4, 0.5) is 0 Å². The minimum Gasteiger partial charge on any atom is -0.312 e. The minimum atomic E-state index is 1.27. The lowest BCUT2D eigenvalue weighted by atomic mass is 10.0. The summed E-state index contributed by atoms with van der Waals surface area (Å²) in [6, 6.07) is 0. The van der Waals surface area contributed by atoms with Crippen LogP contribution in [0.1, 0.15) is 221 Å². The molecule has 1 heterocycles. The third-order valence-corrected chi connectivity index (χ3v) is 13.1. The molecule has 0 aromatic rings. The lowest BCUT2D eigenvalue weighted by Crippen LogP contribution is -2.61. The maximum absolute atomic E-state index is 2.83. The zero-order valence-corrected chi connectivity index (χ0v) is 36.1. The number of quaternary nitrogens is 2. The standard InChI is InChI=1S/C46H98N4/c1-7-13-15-17-19-21-23-25-27-29-31-33-35-37-43-49(9-3,10-4)45-47-39-41-48(42-40-47)46-50(11-5,12-6)44-38-36-34-32-30-28-26-24-22-20-18-16-14-8-2/h7-46H2,1-6H3/q+2. The molecule has 0 unspecified atom stereocenters. The molecule has 1 aliphatic rings. The zero-order chi connectivity index (χ0) is 36.4. The van der Waals surface area contributed by atoms with E-state index in [1.165, 1.54) is 268 Å². The summed E-state index contributed by atoms with van der Waals surface area (Å²) in [5.41, 5.74) is 0. The fourth-order valence-corrected chi connectivity index (χ4v) is 8.83. The molecule has 300 valence electrons. The summed E-state index contributed by atoms with van der Waals surface area (Å²) in [6.45, 7) is 30.0. The molecule has 0 atom stereocenters. The Morgan fingerprint density at radius 3 is 0.680 bits per heavy atom. The van der Waals surface area contributed by atoms with Crippen LogP contribution in [-0.4, -0.2) is 97.6 Å². The third kappa shape index (κ3) is 24.2. The predicted molar refractivity (Wildman–Crippen MR) is 226 cm³/mol. The second kappa shape index (κ2) is 33.4. The summed E-state index contributed by atoms with van der Waals surface area (Å²) in [4.78, 5) is 5.65. The first-order chi connectivity index (χ1) is 24.5. The van der Waals surface area contributed by atoms with Gasteiger partial charge in [0.2, 0.25) is 0 Å². The summed E-state index contributed by atoms with van der Waals surface area (Å²) in [5.74, 6) is 0. The van der Waals surface area contributed by atoms with Gasteiger partial charge >= 0.3 is 0 Å². The largest absolute Gasteiger partial charge is 0.312 e. The SMILES string of the molecule is CCCCCCCCCCCCCCCC[N+](CC)(CC)CN1CCN(C[N+](CC)(CC)CCCCCCCCCCCCCCCC)CC1. The van der Waals surface area contributed by atoms with E-state index in [-0.39, 0.29) is 0 Å². The first kappa shape index (κ1) is 47.9. The molecule has 1 aliphatic heterocycles. The van der Waals surface area contributed by atoms with Gasteiger partial charge in [-0.05, 0) is 53.4 Å². The molecule has 50 heavy (non-hydrogen) atoms. The summed E-state index contributed by atoms with van der Waals surface area (Å²) in [6.07, 6.45) is 40.7. The van der Waals surface area contributed by atoms with Gasteiger partial charge in [0.25, 0.3) is 0 Å². The van der Waals surface area contributed by atoms with Gasteiger partial charge in [-0.25, -0.2) is 0 Å². The molecule has 4 heteroatoms. The van der Waals surface area contributed by atoms with Crippen molar-refractivity contribution in [2.24, 2.45) is 0 Å². The molecule has 0 saturated carbocycles. The number of rotatable bonds is 38. The van der Waals surface area contributed by atoms with E-state index in [9.17, 15) is 0 Å². The first-order valence-electron chi connectivity index (χ1n) is 23.7. The summed E-state index contributed by atoms with van der Waals surface area (Å²) in [5, 5.41) is 0. The second-order valence-electron chi connectivity index (χ2n) is 17.1. The summed E-state index contributed by atoms with van der Waals surface area (Å²) >= 11 is 0. The van der Waals surface area contributed by atoms with Crippen molar-refractivity contribution in [1.29, 1.82) is 0 Å². The molecule has 0 aromatic carbocycles. The molecule has 0 bridgehead atoms. The average Bonchev–Trinajstić information content (AvgIpc) is 3.14. The van der Waals surface area contributed by atoms with Crippen LogP contribution in [0.2, 0.25) is 0 Å². The van der Waals surface area contributed by atoms with E-state index in [4.69, 9.17) is 0 Å². The van der Waals surface area contributed by atoms with Crippen molar-refractivity contribution in [3.8, 4) is 0 Å². The van der Waals surface area contributed by atoms with Crippen molar-refractivity contribution in [2.45, 2.75) is 221 Å². The Hall–Kier alpha value is -0.160. The molecule has 1 fully saturated rings. The molecule has 0 aliphatic carbocycles. The van der Waals surface area contributed by atoms with Crippen molar-refractivity contribution >= 4 is 0 Å². The predicted octanol–water partition coefficient (Wildman–Crippen LogP) is 13.2. The van der Waals surface area contributed by atoms with Gasteiger partial charge in [-0.15, -0.1) is 0 Å². The van der Waals surface area contributed by atoms with Gasteiger partial charge in [-0.1, -0.05) is 168 Å². The number of hydrogen-bond acceptors (Lipinski definition) is 2. The maximum atomic E-state index is 2.83. The Bertz CT molecular complexity index is 622. The van der Waals surface area contributed by atoms with E-state index >= 15 is 0 Å². The summed E-state index contributed by atoms with van der Waals surface area (Å²) < 4.78 is 2.61. The molecular weight excluding hydrogens is 609 g/mol. The number of piperazine rings is 1. The number of unbranched alkanes of at least 4 members (excludes halogenated alkanes) is 26. The molecule has 0 aromatic heterocycles. The van der Waals surface area contributed by atoms with Crippen molar-refractivity contribution in [1.82, 2.24) is 9.80 Å². The molecule has 0 N–H and O–H groups in total. The highest BCUT2D eigenvalue weighted by Crippen LogP contribution is 2.19. The van der Waals surface area contributed by atoms with E-state index < -0.39 is 0 Å². The van der Waals surface area contributed by atoms with E-state index in [1.54, 1.807) is 0 Å². The lowest BCUT2D eigenvalue weighted by molar-refractivity contribution is -0.936. The van der Waals surface area contributed by atoms with Crippen molar-refractivity contribution in [2.75, 3.05) is 78.8 Å². The van der Waals surface area contributed by atoms with Crippen molar-refractivity contribution in [3.05, 3.63) is 0 Å². The van der Waals surface area contributed by atoms with Crippen LogP contribution < -0.4 is 0 Å². The van der Waals surface area contributed by atoms with Crippen molar-refractivity contribution < 1.29 is 8.97 Å². The smallest absolute Gasteiger partial charge is 0.135 e. The first-order valence-corrected chi connectivity index (χ1v) is 23.7. The fraction of sp³-hybridized carbons (Fsp3) is 1.00. The second-order valence-corrected chi connectivity index (χ2v) is 17.1. The van der Waals surface area contributed by atoms with E-state index in [0.29, 0.717) is 0 Å². The van der Waals surface area contributed by atoms with Crippen LogP contribution in [0.15, 0.2) is 0 Å². The number of hydrogen-bond donors (Lipinski definition) is 0. The van der Waals surface area contributed by atoms with Gasteiger partial charge in [0.05, 0.1) is 39.3 Å². The molecule has 0 spiro atoms. The van der Waals surface area contributed by atoms with Crippen LogP contribution in [0.5, 0.6) is 0 Å². The van der Waals surface area contributed by atoms with Gasteiger partial charge in [0.1, 0.15) is 13.3 Å². The highest BCUT2D eigenvalue weighted by molar-refractivity contribution is 4.69. The Morgan fingerprint density at radius 1 is 0.280 bits per heavy atom. The normalized spacial score (nSPS) is 15.0. The molecule has 1 saturated heterocycles. The molecule has 0 radical (unpaired) electrons. The minimum absolute atomic E-state index is 1.27. The highest BCUT2D eigenvalue weighted by Gasteiger charge is 2.31. The van der Waals surface area contributed by atoms with Crippen LogP contribution in [0.25, 0.3) is 0 Å². The monoisotopic (exact) mass is 707 g/mol. The Balaban J connectivity index is 2.19. The van der Waals surface area contributed by atoms with E-state index in [2.05, 4.69) is 51.3 Å². The molecular formula is C46H98N4+2. The Labute approximate surface area is 318 Å². The van der Waals surface area contributed by atoms with Crippen molar-refractivity contribution in [3.63, 3.8) is 0 Å². The molecule has 1 rings (SSSR count). The maximum Gasteiger partial charge on any atom is 0.135 e. The number of nitrogens with zero attached hydrogens (tertiary/aromatic N) is 4. The van der Waals surface area contributed by atoms with Crippen LogP contribution in [0.3, 0.4) is 0 Å². The van der Waals surface area contributed by atoms with Gasteiger partial charge in [-0.2, -0.15) is 0 Å². The van der Waals surface area contributed by atoms with E-state index in [0.717, 1.165) is 0 Å². The quantitative estimate of drug-likeness (QED) is 0.0466. The van der Waals surface area contributed by atoms with Crippen LogP contribution >= 0.6 is 0 Å². The fourth-order valence-electron chi connectivity index (χ4n) is 8.83. The average molecular weight is 707 g/mol. The lowest BCUT2D eigenvalue weighted by Gasteiger charge is -2.46. The van der Waals surface area contributed by atoms with E-state index in [1.807, 2.05) is 0 Å². The Morgan fingerprint density at radius 2 is 0.480 bits per heavy atom. The topological polar surface area (TPSA) is 6.48 Å². The van der Waals surface area contributed by atoms with Crippen LogP contribution in [-0.2, 0) is 0 Å². The highest BCUT2D eigenvalue weighted by atomic mass is 15.5. The van der Waals surface area contributed by atoms with Gasteiger partial charge in [0, 0.05) is 26.2 Å². The molecule has 4 nitrogen and oxygen atoms in total. The zero-order valence-electron chi connectivity index (χ0n) is 36.1. The van der Waals surface area contributed by atoms with Gasteiger partial charge in [0.15, 0.2) is 0 Å². The Kier molecular flexibility index (Phi) is 32.0. The third-order valence-electron chi connectivity index (χ3n) is 13.1. The molecule has 0 amide bonds.